The van der Waals surface area contributed by atoms with E-state index >= 15 is 0 Å². The number of esters is 2. The average Bonchev–Trinajstić information content (AvgIpc) is 2.82. The monoisotopic (exact) mass is 541 g/mol. The number of hydrogen-bond acceptors (Lipinski definition) is 11. The highest BCUT2D eigenvalue weighted by molar-refractivity contribution is 7.99. The highest BCUT2D eigenvalue weighted by Crippen LogP contribution is 2.39. The van der Waals surface area contributed by atoms with Crippen molar-refractivity contribution in [1.29, 1.82) is 0 Å². The second-order valence-electron chi connectivity index (χ2n) is 9.45. The highest BCUT2D eigenvalue weighted by atomic mass is 32.2. The van der Waals surface area contributed by atoms with Crippen LogP contribution in [-0.4, -0.2) is 106 Å². The van der Waals surface area contributed by atoms with E-state index < -0.39 is 66.4 Å². The smallest absolute Gasteiger partial charge is 0.303 e. The maximum absolute atomic E-state index is 12.2. The Morgan fingerprint density at radius 1 is 0.811 bits per heavy atom. The molecule has 37 heavy (non-hydrogen) atoms. The SMILES string of the molecule is CO[C@H]1[C@H](O[C@H]2[C@H](N(C)C)[C@@H](OC(C)=O)C(Sc3ccccc3)O[C@@H]2C)O[C@H](C)[C@@H](OC)[C@@H]1OC(C)=O. The quantitative estimate of drug-likeness (QED) is 0.431. The molecule has 208 valence electrons. The van der Waals surface area contributed by atoms with E-state index in [1.54, 1.807) is 0 Å². The van der Waals surface area contributed by atoms with Gasteiger partial charge in [0.1, 0.15) is 23.7 Å². The number of thioether (sulfide) groups is 1. The highest BCUT2D eigenvalue weighted by Gasteiger charge is 2.53. The predicted octanol–water partition coefficient (Wildman–Crippen LogP) is 2.48. The number of hydrogen-bond donors (Lipinski definition) is 0. The molecule has 0 N–H and O–H groups in total. The lowest BCUT2D eigenvalue weighted by atomic mass is 9.95. The number of carbonyl (C=O) groups excluding carboxylic acids is 2. The molecule has 2 aliphatic heterocycles. The van der Waals surface area contributed by atoms with E-state index in [1.165, 1.54) is 39.8 Å². The van der Waals surface area contributed by atoms with E-state index in [0.717, 1.165) is 4.90 Å². The van der Waals surface area contributed by atoms with Gasteiger partial charge in [0, 0.05) is 33.0 Å². The Hall–Kier alpha value is -1.73. The van der Waals surface area contributed by atoms with Crippen molar-refractivity contribution < 1.29 is 42.7 Å². The standard InChI is InChI=1S/C26H39NO9S/c1-14-20(36-25-24(31-8)23(35-17(4)29)21(30-7)15(2)32-25)19(27(5)6)22(34-16(3)28)26(33-14)37-18-12-10-9-11-13-18/h9-15,19-26H,1-8H3/t14-,15-,19+,20-,21-,22-,23+,24-,25+,26?/m1/s1. The Labute approximate surface area is 223 Å². The van der Waals surface area contributed by atoms with E-state index in [2.05, 4.69) is 0 Å². The van der Waals surface area contributed by atoms with Crippen LogP contribution in [0.3, 0.4) is 0 Å². The fourth-order valence-electron chi connectivity index (χ4n) is 4.95. The van der Waals surface area contributed by atoms with Crippen LogP contribution in [0.5, 0.6) is 0 Å². The lowest BCUT2D eigenvalue weighted by molar-refractivity contribution is -0.332. The summed E-state index contributed by atoms with van der Waals surface area (Å²) in [5.74, 6) is -0.874. The summed E-state index contributed by atoms with van der Waals surface area (Å²) in [5.41, 5.74) is -0.468. The summed E-state index contributed by atoms with van der Waals surface area (Å²) in [6.07, 6.45) is -5.01. The van der Waals surface area contributed by atoms with Gasteiger partial charge >= 0.3 is 11.9 Å². The topological polar surface area (TPSA) is 102 Å². The van der Waals surface area contributed by atoms with Crippen LogP contribution in [0.25, 0.3) is 0 Å². The van der Waals surface area contributed by atoms with Crippen LogP contribution in [0.4, 0.5) is 0 Å². The Morgan fingerprint density at radius 2 is 1.38 bits per heavy atom. The first-order chi connectivity index (χ1) is 17.6. The molecular formula is C26H39NO9S. The first kappa shape index (κ1) is 29.8. The third-order valence-electron chi connectivity index (χ3n) is 6.51. The maximum atomic E-state index is 12.2. The van der Waals surface area contributed by atoms with E-state index in [0.29, 0.717) is 0 Å². The number of likely N-dealkylation sites (N-methyl/N-ethyl adjacent to an activating group) is 1. The number of methoxy groups -OCH3 is 2. The molecule has 10 nitrogen and oxygen atoms in total. The zero-order valence-corrected chi connectivity index (χ0v) is 23.5. The van der Waals surface area contributed by atoms with Gasteiger partial charge in [-0.15, -0.1) is 0 Å². The summed E-state index contributed by atoms with van der Waals surface area (Å²) in [7, 11) is 6.84. The molecular weight excluding hydrogens is 502 g/mol. The number of benzene rings is 1. The second kappa shape index (κ2) is 13.4. The molecule has 2 heterocycles. The average molecular weight is 542 g/mol. The molecule has 0 bridgehead atoms. The Morgan fingerprint density at radius 3 is 1.92 bits per heavy atom. The predicted molar refractivity (Wildman–Crippen MR) is 136 cm³/mol. The molecule has 0 radical (unpaired) electrons. The van der Waals surface area contributed by atoms with E-state index in [9.17, 15) is 9.59 Å². The van der Waals surface area contributed by atoms with Crippen molar-refractivity contribution in [2.24, 2.45) is 0 Å². The van der Waals surface area contributed by atoms with Crippen LogP contribution in [-0.2, 0) is 42.7 Å². The minimum atomic E-state index is -0.898. The van der Waals surface area contributed by atoms with E-state index in [4.69, 9.17) is 33.2 Å². The molecule has 2 aliphatic rings. The van der Waals surface area contributed by atoms with E-state index in [1.807, 2.05) is 63.2 Å². The van der Waals surface area contributed by atoms with Gasteiger partial charge in [-0.2, -0.15) is 0 Å². The third-order valence-corrected chi connectivity index (χ3v) is 7.67. The van der Waals surface area contributed by atoms with Gasteiger partial charge < -0.3 is 38.1 Å². The number of rotatable bonds is 9. The van der Waals surface area contributed by atoms with Crippen LogP contribution >= 0.6 is 11.8 Å². The molecule has 0 amide bonds. The van der Waals surface area contributed by atoms with Gasteiger partial charge in [0.05, 0.1) is 18.2 Å². The molecule has 2 saturated heterocycles. The lowest BCUT2D eigenvalue weighted by Gasteiger charge is -2.50. The van der Waals surface area contributed by atoms with Gasteiger partial charge in [0.25, 0.3) is 0 Å². The Kier molecular flexibility index (Phi) is 10.8. The molecule has 0 saturated carbocycles. The van der Waals surface area contributed by atoms with Crippen LogP contribution in [0, 0.1) is 0 Å². The van der Waals surface area contributed by atoms with Crippen LogP contribution in [0.2, 0.25) is 0 Å². The fraction of sp³-hybridized carbons (Fsp3) is 0.692. The van der Waals surface area contributed by atoms with Crippen LogP contribution in [0.15, 0.2) is 35.2 Å². The van der Waals surface area contributed by atoms with Gasteiger partial charge in [-0.05, 0) is 40.1 Å². The lowest BCUT2D eigenvalue weighted by Crippen LogP contribution is -2.66. The van der Waals surface area contributed by atoms with E-state index in [-0.39, 0.29) is 6.04 Å². The molecule has 0 aliphatic carbocycles. The fourth-order valence-corrected chi connectivity index (χ4v) is 6.12. The maximum Gasteiger partial charge on any atom is 0.303 e. The van der Waals surface area contributed by atoms with Crippen molar-refractivity contribution in [2.45, 2.75) is 93.1 Å². The minimum Gasteiger partial charge on any atom is -0.457 e. The molecule has 0 aromatic heterocycles. The molecule has 2 fully saturated rings. The second-order valence-corrected chi connectivity index (χ2v) is 10.6. The van der Waals surface area contributed by atoms with Crippen molar-refractivity contribution in [3.8, 4) is 0 Å². The first-order valence-electron chi connectivity index (χ1n) is 12.3. The number of ether oxygens (including phenoxy) is 7. The summed E-state index contributed by atoms with van der Waals surface area (Å²) in [5, 5.41) is 0. The van der Waals surface area contributed by atoms with Crippen molar-refractivity contribution in [3.05, 3.63) is 30.3 Å². The minimum absolute atomic E-state index is 0.377. The van der Waals surface area contributed by atoms with Gasteiger partial charge in [-0.3, -0.25) is 9.59 Å². The molecule has 1 unspecified atom stereocenters. The summed E-state index contributed by atoms with van der Waals surface area (Å²) >= 11 is 1.49. The number of nitrogens with zero attached hydrogens (tertiary/aromatic N) is 1. The largest absolute Gasteiger partial charge is 0.457 e. The molecule has 11 heteroatoms. The van der Waals surface area contributed by atoms with Crippen LogP contribution < -0.4 is 0 Å². The zero-order chi connectivity index (χ0) is 27.3. The summed E-state index contributed by atoms with van der Waals surface area (Å²) < 4.78 is 41.8. The summed E-state index contributed by atoms with van der Waals surface area (Å²) in [6.45, 7) is 6.46. The van der Waals surface area contributed by atoms with Gasteiger partial charge in [0.15, 0.2) is 18.5 Å². The van der Waals surface area contributed by atoms with Gasteiger partial charge in [-0.25, -0.2) is 0 Å². The van der Waals surface area contributed by atoms with Gasteiger partial charge in [0.2, 0.25) is 0 Å². The molecule has 1 aromatic rings. The van der Waals surface area contributed by atoms with Crippen molar-refractivity contribution in [2.75, 3.05) is 28.3 Å². The Balaban J connectivity index is 1.90. The first-order valence-corrected chi connectivity index (χ1v) is 13.2. The van der Waals surface area contributed by atoms with Crippen molar-refractivity contribution in [3.63, 3.8) is 0 Å². The molecule has 0 spiro atoms. The van der Waals surface area contributed by atoms with Gasteiger partial charge in [-0.1, -0.05) is 30.0 Å². The normalized spacial score (nSPS) is 36.2. The molecule has 3 rings (SSSR count). The number of carbonyl (C=O) groups is 2. The van der Waals surface area contributed by atoms with Crippen molar-refractivity contribution in [1.82, 2.24) is 4.90 Å². The Bertz CT molecular complexity index is 888. The summed E-state index contributed by atoms with van der Waals surface area (Å²) in [6, 6.07) is 9.43. The molecule has 1 aromatic carbocycles. The molecule has 10 atom stereocenters. The zero-order valence-electron chi connectivity index (χ0n) is 22.7. The van der Waals surface area contributed by atoms with Crippen molar-refractivity contribution >= 4 is 23.7 Å². The third kappa shape index (κ3) is 7.23. The summed E-state index contributed by atoms with van der Waals surface area (Å²) in [4.78, 5) is 27.0. The van der Waals surface area contributed by atoms with Crippen LogP contribution in [0.1, 0.15) is 27.7 Å².